The molecule has 1 aromatic heterocycles. The molecule has 2 aromatic rings. The zero-order valence-corrected chi connectivity index (χ0v) is 8.82. The maximum absolute atomic E-state index is 5.88. The van der Waals surface area contributed by atoms with Gasteiger partial charge in [0, 0.05) is 4.88 Å². The second kappa shape index (κ2) is 3.52. The van der Waals surface area contributed by atoms with Crippen molar-refractivity contribution in [3.63, 3.8) is 0 Å². The molecule has 1 heterocycles. The smallest absolute Gasteiger partial charge is 0.0934 e. The maximum Gasteiger partial charge on any atom is 0.0934 e. The highest BCUT2D eigenvalue weighted by Gasteiger charge is 2.02. The Kier molecular flexibility index (Phi) is 2.38. The predicted octanol–water partition coefficient (Wildman–Crippen LogP) is 4.38. The van der Waals surface area contributed by atoms with Crippen molar-refractivity contribution in [1.82, 2.24) is 0 Å². The normalized spacial score (nSPS) is 10.3. The van der Waals surface area contributed by atoms with Crippen molar-refractivity contribution >= 4 is 22.9 Å². The third-order valence-corrected chi connectivity index (χ3v) is 3.25. The lowest BCUT2D eigenvalue weighted by atomic mass is 10.1. The lowest BCUT2D eigenvalue weighted by Crippen LogP contribution is -1.76. The highest BCUT2D eigenvalue weighted by molar-refractivity contribution is 7.19. The Morgan fingerprint density at radius 1 is 1.08 bits per heavy atom. The third-order valence-electron chi connectivity index (χ3n) is 1.98. The Bertz CT molecular complexity index is 418. The fraction of sp³-hybridized carbons (Fsp3) is 0.0909. The summed E-state index contributed by atoms with van der Waals surface area (Å²) in [6.45, 7) is 2.11. The molecule has 0 saturated carbocycles. The first-order valence-corrected chi connectivity index (χ1v) is 5.28. The van der Waals surface area contributed by atoms with Crippen molar-refractivity contribution in [2.24, 2.45) is 0 Å². The molecule has 1 aromatic carbocycles. The summed E-state index contributed by atoms with van der Waals surface area (Å²) in [5.74, 6) is 0. The summed E-state index contributed by atoms with van der Waals surface area (Å²) in [6.07, 6.45) is 0. The quantitative estimate of drug-likeness (QED) is 0.653. The zero-order chi connectivity index (χ0) is 9.26. The summed E-state index contributed by atoms with van der Waals surface area (Å²) in [6, 6.07) is 12.3. The van der Waals surface area contributed by atoms with Gasteiger partial charge in [-0.1, -0.05) is 35.9 Å². The van der Waals surface area contributed by atoms with Crippen molar-refractivity contribution in [1.29, 1.82) is 0 Å². The van der Waals surface area contributed by atoms with Gasteiger partial charge in [0.15, 0.2) is 0 Å². The molecule has 66 valence electrons. The third kappa shape index (κ3) is 1.77. The molecule has 0 amide bonds. The van der Waals surface area contributed by atoms with Crippen LogP contribution in [0.5, 0.6) is 0 Å². The number of benzene rings is 1. The van der Waals surface area contributed by atoms with E-state index in [1.165, 1.54) is 16.0 Å². The summed E-state index contributed by atoms with van der Waals surface area (Å²) in [5, 5.41) is 0. The number of hydrogen-bond acceptors (Lipinski definition) is 1. The average molecular weight is 209 g/mol. The molecule has 2 rings (SSSR count). The minimum absolute atomic E-state index is 0.846. The molecule has 0 aliphatic rings. The molecule has 0 fully saturated rings. The minimum atomic E-state index is 0.846. The van der Waals surface area contributed by atoms with E-state index in [9.17, 15) is 0 Å². The molecule has 2 heteroatoms. The van der Waals surface area contributed by atoms with Crippen LogP contribution in [-0.4, -0.2) is 0 Å². The monoisotopic (exact) mass is 208 g/mol. The van der Waals surface area contributed by atoms with Crippen LogP contribution in [0.15, 0.2) is 36.4 Å². The summed E-state index contributed by atoms with van der Waals surface area (Å²) in [7, 11) is 0. The van der Waals surface area contributed by atoms with Crippen molar-refractivity contribution in [3.8, 4) is 10.4 Å². The van der Waals surface area contributed by atoms with Crippen LogP contribution in [0, 0.1) is 6.92 Å². The Balaban J connectivity index is 2.52. The molecule has 0 aliphatic heterocycles. The highest BCUT2D eigenvalue weighted by Crippen LogP contribution is 2.32. The average Bonchev–Trinajstić information content (AvgIpc) is 2.53. The molecular formula is C11H9ClS. The van der Waals surface area contributed by atoms with Crippen molar-refractivity contribution in [3.05, 3.63) is 46.3 Å². The Labute approximate surface area is 86.8 Å². The molecule has 0 saturated heterocycles. The first-order valence-electron chi connectivity index (χ1n) is 4.09. The Morgan fingerprint density at radius 3 is 2.46 bits per heavy atom. The molecule has 0 N–H and O–H groups in total. The van der Waals surface area contributed by atoms with Crippen LogP contribution in [0.3, 0.4) is 0 Å². The summed E-state index contributed by atoms with van der Waals surface area (Å²) < 4.78 is 0.846. The molecule has 0 aliphatic carbocycles. The number of aryl methyl sites for hydroxylation is 1. The topological polar surface area (TPSA) is 0 Å². The largest absolute Gasteiger partial charge is 0.123 e. The van der Waals surface area contributed by atoms with E-state index in [1.54, 1.807) is 11.3 Å². The van der Waals surface area contributed by atoms with Crippen LogP contribution in [-0.2, 0) is 0 Å². The molecular weight excluding hydrogens is 200 g/mol. The molecule has 13 heavy (non-hydrogen) atoms. The van der Waals surface area contributed by atoms with E-state index in [1.807, 2.05) is 12.1 Å². The van der Waals surface area contributed by atoms with E-state index in [2.05, 4.69) is 31.2 Å². The van der Waals surface area contributed by atoms with Gasteiger partial charge in [0.2, 0.25) is 0 Å². The van der Waals surface area contributed by atoms with Gasteiger partial charge in [0.05, 0.1) is 4.34 Å². The summed E-state index contributed by atoms with van der Waals surface area (Å²) >= 11 is 7.50. The van der Waals surface area contributed by atoms with Crippen molar-refractivity contribution in [2.75, 3.05) is 0 Å². The minimum Gasteiger partial charge on any atom is -0.123 e. The molecule has 0 nitrogen and oxygen atoms in total. The standard InChI is InChI=1S/C11H9ClS/c1-8-4-2-3-5-9(8)10-6-7-11(12)13-10/h2-7H,1H3. The van der Waals surface area contributed by atoms with Gasteiger partial charge in [-0.15, -0.1) is 11.3 Å². The lowest BCUT2D eigenvalue weighted by Gasteiger charge is -2.00. The van der Waals surface area contributed by atoms with Crippen molar-refractivity contribution in [2.45, 2.75) is 6.92 Å². The Morgan fingerprint density at radius 2 is 1.85 bits per heavy atom. The van der Waals surface area contributed by atoms with Gasteiger partial charge in [-0.25, -0.2) is 0 Å². The van der Waals surface area contributed by atoms with E-state index in [0.29, 0.717) is 0 Å². The number of halogens is 1. The van der Waals surface area contributed by atoms with Crippen LogP contribution in [0.2, 0.25) is 4.34 Å². The van der Waals surface area contributed by atoms with E-state index in [0.717, 1.165) is 4.34 Å². The van der Waals surface area contributed by atoms with E-state index in [-0.39, 0.29) is 0 Å². The van der Waals surface area contributed by atoms with Gasteiger partial charge >= 0.3 is 0 Å². The lowest BCUT2D eigenvalue weighted by molar-refractivity contribution is 1.48. The number of rotatable bonds is 1. The van der Waals surface area contributed by atoms with Gasteiger partial charge in [0.25, 0.3) is 0 Å². The van der Waals surface area contributed by atoms with Gasteiger partial charge < -0.3 is 0 Å². The van der Waals surface area contributed by atoms with Crippen LogP contribution in [0.25, 0.3) is 10.4 Å². The predicted molar refractivity (Wildman–Crippen MR) is 59.5 cm³/mol. The van der Waals surface area contributed by atoms with Gasteiger partial charge in [-0.05, 0) is 30.2 Å². The SMILES string of the molecule is Cc1ccccc1-c1ccc(Cl)s1. The van der Waals surface area contributed by atoms with Gasteiger partial charge in [-0.3, -0.25) is 0 Å². The fourth-order valence-corrected chi connectivity index (χ4v) is 2.44. The van der Waals surface area contributed by atoms with E-state index < -0.39 is 0 Å². The summed E-state index contributed by atoms with van der Waals surface area (Å²) in [5.41, 5.74) is 2.57. The second-order valence-electron chi connectivity index (χ2n) is 2.92. The number of hydrogen-bond donors (Lipinski definition) is 0. The maximum atomic E-state index is 5.88. The van der Waals surface area contributed by atoms with E-state index >= 15 is 0 Å². The molecule has 0 spiro atoms. The van der Waals surface area contributed by atoms with Crippen LogP contribution in [0.1, 0.15) is 5.56 Å². The fourth-order valence-electron chi connectivity index (χ4n) is 1.31. The first kappa shape index (κ1) is 8.79. The van der Waals surface area contributed by atoms with Crippen LogP contribution >= 0.6 is 22.9 Å². The Hall–Kier alpha value is -0.790. The zero-order valence-electron chi connectivity index (χ0n) is 7.25. The van der Waals surface area contributed by atoms with Crippen molar-refractivity contribution < 1.29 is 0 Å². The molecule has 0 radical (unpaired) electrons. The first-order chi connectivity index (χ1) is 6.27. The molecule has 0 atom stereocenters. The molecule has 0 bridgehead atoms. The van der Waals surface area contributed by atoms with Gasteiger partial charge in [-0.2, -0.15) is 0 Å². The van der Waals surface area contributed by atoms with Gasteiger partial charge in [0.1, 0.15) is 0 Å². The van der Waals surface area contributed by atoms with Crippen LogP contribution < -0.4 is 0 Å². The summed E-state index contributed by atoms with van der Waals surface area (Å²) in [4.78, 5) is 1.24. The van der Waals surface area contributed by atoms with E-state index in [4.69, 9.17) is 11.6 Å². The highest BCUT2D eigenvalue weighted by atomic mass is 35.5. The van der Waals surface area contributed by atoms with Crippen LogP contribution in [0.4, 0.5) is 0 Å². The second-order valence-corrected chi connectivity index (χ2v) is 4.63. The number of thiophene rings is 1. The molecule has 0 unspecified atom stereocenters.